The number of pyridine rings is 1. The molecular weight excluding hydrogens is 270 g/mol. The molecule has 1 aromatic rings. The minimum atomic E-state index is -1.13. The van der Waals surface area contributed by atoms with Gasteiger partial charge in [0.15, 0.2) is 5.69 Å². The van der Waals surface area contributed by atoms with Gasteiger partial charge in [-0.15, -0.1) is 0 Å². The summed E-state index contributed by atoms with van der Waals surface area (Å²) < 4.78 is 0. The number of carboxylic acids is 1. The number of amides is 1. The first kappa shape index (κ1) is 16.9. The molecule has 0 atom stereocenters. The number of nitrogens with zero attached hydrogens (tertiary/aromatic N) is 3. The predicted octanol–water partition coefficient (Wildman–Crippen LogP) is 2.11. The zero-order valence-corrected chi connectivity index (χ0v) is 13.1. The predicted molar refractivity (Wildman–Crippen MR) is 82.0 cm³/mol. The van der Waals surface area contributed by atoms with Crippen LogP contribution in [-0.2, 0) is 0 Å². The number of anilines is 1. The Morgan fingerprint density at radius 3 is 1.95 bits per heavy atom. The monoisotopic (exact) mass is 293 g/mol. The van der Waals surface area contributed by atoms with E-state index >= 15 is 0 Å². The van der Waals surface area contributed by atoms with Crippen molar-refractivity contribution < 1.29 is 14.7 Å². The lowest BCUT2D eigenvalue weighted by Gasteiger charge is -2.23. The SMILES string of the molecule is CCN(CC)C(=O)c1cc(N(CC)CC)cc(C(=O)O)n1. The fourth-order valence-electron chi connectivity index (χ4n) is 2.18. The van der Waals surface area contributed by atoms with Gasteiger partial charge in [-0.05, 0) is 39.8 Å². The highest BCUT2D eigenvalue weighted by molar-refractivity contribution is 5.95. The third-order valence-corrected chi connectivity index (χ3v) is 3.43. The lowest BCUT2D eigenvalue weighted by atomic mass is 10.2. The Hall–Kier alpha value is -2.11. The van der Waals surface area contributed by atoms with Crippen molar-refractivity contribution >= 4 is 17.6 Å². The van der Waals surface area contributed by atoms with Crippen LogP contribution in [0.2, 0.25) is 0 Å². The second kappa shape index (κ2) is 7.61. The van der Waals surface area contributed by atoms with Crippen LogP contribution in [0, 0.1) is 0 Å². The number of rotatable bonds is 7. The summed E-state index contributed by atoms with van der Waals surface area (Å²) in [7, 11) is 0. The molecule has 0 aliphatic rings. The maximum atomic E-state index is 12.4. The van der Waals surface area contributed by atoms with Crippen LogP contribution in [0.4, 0.5) is 5.69 Å². The minimum Gasteiger partial charge on any atom is -0.477 e. The number of hydrogen-bond acceptors (Lipinski definition) is 4. The van der Waals surface area contributed by atoms with Crippen molar-refractivity contribution in [3.05, 3.63) is 23.5 Å². The molecule has 0 radical (unpaired) electrons. The van der Waals surface area contributed by atoms with Crippen LogP contribution in [-0.4, -0.2) is 53.0 Å². The van der Waals surface area contributed by atoms with Crippen molar-refractivity contribution in [2.75, 3.05) is 31.1 Å². The molecule has 6 nitrogen and oxygen atoms in total. The topological polar surface area (TPSA) is 73.7 Å². The molecule has 6 heteroatoms. The summed E-state index contributed by atoms with van der Waals surface area (Å²) in [5, 5.41) is 9.19. The molecule has 0 bridgehead atoms. The van der Waals surface area contributed by atoms with Gasteiger partial charge < -0.3 is 14.9 Å². The third kappa shape index (κ3) is 3.93. The van der Waals surface area contributed by atoms with Crippen molar-refractivity contribution in [2.24, 2.45) is 0 Å². The average Bonchev–Trinajstić information content (AvgIpc) is 2.49. The highest BCUT2D eigenvalue weighted by Crippen LogP contribution is 2.18. The van der Waals surface area contributed by atoms with Crippen LogP contribution in [0.15, 0.2) is 12.1 Å². The number of carbonyl (C=O) groups excluding carboxylic acids is 1. The zero-order valence-electron chi connectivity index (χ0n) is 13.1. The molecule has 0 saturated heterocycles. The molecule has 0 fully saturated rings. The Balaban J connectivity index is 3.31. The molecule has 21 heavy (non-hydrogen) atoms. The number of carbonyl (C=O) groups is 2. The lowest BCUT2D eigenvalue weighted by Crippen LogP contribution is -2.32. The van der Waals surface area contributed by atoms with E-state index in [1.165, 1.54) is 6.07 Å². The molecule has 1 rings (SSSR count). The Bertz CT molecular complexity index is 509. The van der Waals surface area contributed by atoms with E-state index in [2.05, 4.69) is 4.98 Å². The summed E-state index contributed by atoms with van der Waals surface area (Å²) in [5.74, 6) is -1.37. The van der Waals surface area contributed by atoms with Gasteiger partial charge in [0.2, 0.25) is 0 Å². The van der Waals surface area contributed by atoms with Crippen molar-refractivity contribution in [1.82, 2.24) is 9.88 Å². The largest absolute Gasteiger partial charge is 0.477 e. The number of aromatic nitrogens is 1. The summed E-state index contributed by atoms with van der Waals surface area (Å²) in [5.41, 5.74) is 0.790. The number of carboxylic acid groups (broad SMARTS) is 1. The Labute approximate surface area is 125 Å². The highest BCUT2D eigenvalue weighted by Gasteiger charge is 2.19. The fraction of sp³-hybridized carbons (Fsp3) is 0.533. The van der Waals surface area contributed by atoms with Gasteiger partial charge in [0.25, 0.3) is 5.91 Å². The standard InChI is InChI=1S/C15H23N3O3/c1-5-17(6-2)11-9-12(14(19)18(7-3)8-4)16-13(10-11)15(20)21/h9-10H,5-8H2,1-4H3,(H,20,21). The first-order valence-electron chi connectivity index (χ1n) is 7.27. The first-order valence-corrected chi connectivity index (χ1v) is 7.27. The van der Waals surface area contributed by atoms with E-state index in [1.807, 2.05) is 32.6 Å². The van der Waals surface area contributed by atoms with Crippen LogP contribution < -0.4 is 4.90 Å². The molecule has 0 spiro atoms. The van der Waals surface area contributed by atoms with Gasteiger partial charge in [-0.25, -0.2) is 9.78 Å². The quantitative estimate of drug-likeness (QED) is 0.833. The van der Waals surface area contributed by atoms with Crippen LogP contribution in [0.1, 0.15) is 48.7 Å². The fourth-order valence-corrected chi connectivity index (χ4v) is 2.18. The van der Waals surface area contributed by atoms with Gasteiger partial charge in [-0.3, -0.25) is 4.79 Å². The number of aromatic carboxylic acids is 1. The van der Waals surface area contributed by atoms with E-state index in [0.717, 1.165) is 13.1 Å². The van der Waals surface area contributed by atoms with Crippen molar-refractivity contribution in [3.63, 3.8) is 0 Å². The van der Waals surface area contributed by atoms with Gasteiger partial charge in [-0.1, -0.05) is 0 Å². The van der Waals surface area contributed by atoms with Gasteiger partial charge in [0, 0.05) is 31.9 Å². The molecule has 0 aliphatic carbocycles. The molecule has 1 aromatic heterocycles. The summed E-state index contributed by atoms with van der Waals surface area (Å²) in [6, 6.07) is 3.18. The molecule has 1 amide bonds. The van der Waals surface area contributed by atoms with E-state index in [-0.39, 0.29) is 17.3 Å². The van der Waals surface area contributed by atoms with Gasteiger partial charge in [0.05, 0.1) is 0 Å². The van der Waals surface area contributed by atoms with E-state index < -0.39 is 5.97 Å². The zero-order chi connectivity index (χ0) is 16.0. The molecule has 1 heterocycles. The average molecular weight is 293 g/mol. The Kier molecular flexibility index (Phi) is 6.14. The summed E-state index contributed by atoms with van der Waals surface area (Å²) in [6.45, 7) is 10.3. The molecule has 0 unspecified atom stereocenters. The molecule has 0 aliphatic heterocycles. The highest BCUT2D eigenvalue weighted by atomic mass is 16.4. The lowest BCUT2D eigenvalue weighted by molar-refractivity contribution is 0.0690. The van der Waals surface area contributed by atoms with Crippen molar-refractivity contribution in [3.8, 4) is 0 Å². The molecule has 0 saturated carbocycles. The normalized spacial score (nSPS) is 10.3. The van der Waals surface area contributed by atoms with E-state index in [0.29, 0.717) is 18.8 Å². The third-order valence-electron chi connectivity index (χ3n) is 3.43. The molecule has 0 aromatic carbocycles. The van der Waals surface area contributed by atoms with Crippen LogP contribution >= 0.6 is 0 Å². The van der Waals surface area contributed by atoms with E-state index in [1.54, 1.807) is 11.0 Å². The second-order valence-corrected chi connectivity index (χ2v) is 4.55. The van der Waals surface area contributed by atoms with Crippen molar-refractivity contribution in [2.45, 2.75) is 27.7 Å². The van der Waals surface area contributed by atoms with Crippen LogP contribution in [0.5, 0.6) is 0 Å². The number of hydrogen-bond donors (Lipinski definition) is 1. The van der Waals surface area contributed by atoms with Crippen molar-refractivity contribution in [1.29, 1.82) is 0 Å². The van der Waals surface area contributed by atoms with E-state index in [9.17, 15) is 14.7 Å². The molecular formula is C15H23N3O3. The summed E-state index contributed by atoms with van der Waals surface area (Å²) in [4.78, 5) is 31.2. The Morgan fingerprint density at radius 1 is 1.00 bits per heavy atom. The van der Waals surface area contributed by atoms with Gasteiger partial charge in [-0.2, -0.15) is 0 Å². The maximum absolute atomic E-state index is 12.4. The summed E-state index contributed by atoms with van der Waals surface area (Å²) in [6.07, 6.45) is 0. The van der Waals surface area contributed by atoms with Gasteiger partial charge in [0.1, 0.15) is 5.69 Å². The Morgan fingerprint density at radius 2 is 1.52 bits per heavy atom. The second-order valence-electron chi connectivity index (χ2n) is 4.55. The summed E-state index contributed by atoms with van der Waals surface area (Å²) >= 11 is 0. The minimum absolute atomic E-state index is 0.102. The van der Waals surface area contributed by atoms with Crippen LogP contribution in [0.3, 0.4) is 0 Å². The van der Waals surface area contributed by atoms with Gasteiger partial charge >= 0.3 is 5.97 Å². The maximum Gasteiger partial charge on any atom is 0.354 e. The molecule has 1 N–H and O–H groups in total. The van der Waals surface area contributed by atoms with Crippen LogP contribution in [0.25, 0.3) is 0 Å². The molecule has 116 valence electrons. The van der Waals surface area contributed by atoms with E-state index in [4.69, 9.17) is 0 Å². The first-order chi connectivity index (χ1) is 9.98. The smallest absolute Gasteiger partial charge is 0.354 e.